The zero-order valence-corrected chi connectivity index (χ0v) is 15.1. The van der Waals surface area contributed by atoms with Gasteiger partial charge in [0.15, 0.2) is 6.61 Å². The van der Waals surface area contributed by atoms with E-state index in [0.29, 0.717) is 10.6 Å². The van der Waals surface area contributed by atoms with Crippen molar-refractivity contribution in [2.75, 3.05) is 11.9 Å². The van der Waals surface area contributed by atoms with Crippen molar-refractivity contribution in [2.24, 2.45) is 0 Å². The Balaban J connectivity index is 2.19. The number of rotatable bonds is 6. The molecular formula is C17H23NO5S. The number of aryl methyl sites for hydroxylation is 1. The van der Waals surface area contributed by atoms with E-state index in [0.717, 1.165) is 36.1 Å². The summed E-state index contributed by atoms with van der Waals surface area (Å²) in [4.78, 5) is 36.7. The van der Waals surface area contributed by atoms with E-state index in [2.05, 4.69) is 5.32 Å². The van der Waals surface area contributed by atoms with Crippen LogP contribution in [0.15, 0.2) is 0 Å². The minimum Gasteiger partial charge on any atom is -0.459 e. The largest absolute Gasteiger partial charge is 0.459 e. The molecule has 1 aromatic rings. The van der Waals surface area contributed by atoms with Gasteiger partial charge >= 0.3 is 11.9 Å². The van der Waals surface area contributed by atoms with Gasteiger partial charge in [-0.2, -0.15) is 0 Å². The van der Waals surface area contributed by atoms with Crippen molar-refractivity contribution >= 4 is 34.2 Å². The predicted molar refractivity (Wildman–Crippen MR) is 91.4 cm³/mol. The molecule has 0 unspecified atom stereocenters. The Morgan fingerprint density at radius 1 is 1.21 bits per heavy atom. The normalized spacial score (nSPS) is 13.3. The average molecular weight is 353 g/mol. The average Bonchev–Trinajstić information content (AvgIpc) is 2.89. The zero-order valence-electron chi connectivity index (χ0n) is 14.3. The second kappa shape index (κ2) is 8.28. The van der Waals surface area contributed by atoms with E-state index in [9.17, 15) is 14.4 Å². The number of anilines is 1. The standard InChI is InChI=1S/C17H23NO5S/c1-4-14(20)22-9-13(19)18-16-15(17(21)23-10(2)3)11-7-5-6-8-12(11)24-16/h10H,4-9H2,1-3H3,(H,18,19). The van der Waals surface area contributed by atoms with Gasteiger partial charge in [-0.15, -0.1) is 11.3 Å². The number of ether oxygens (including phenoxy) is 2. The Labute approximate surface area is 145 Å². The maximum Gasteiger partial charge on any atom is 0.341 e. The van der Waals surface area contributed by atoms with Crippen molar-refractivity contribution in [2.45, 2.75) is 59.0 Å². The summed E-state index contributed by atoms with van der Waals surface area (Å²) in [6, 6.07) is 0. The van der Waals surface area contributed by atoms with Gasteiger partial charge in [0, 0.05) is 11.3 Å². The Morgan fingerprint density at radius 2 is 1.92 bits per heavy atom. The Kier molecular flexibility index (Phi) is 6.36. The number of nitrogens with one attached hydrogen (secondary N) is 1. The summed E-state index contributed by atoms with van der Waals surface area (Å²) in [7, 11) is 0. The van der Waals surface area contributed by atoms with Crippen LogP contribution < -0.4 is 5.32 Å². The second-order valence-corrected chi connectivity index (χ2v) is 7.04. The molecule has 1 aliphatic carbocycles. The van der Waals surface area contributed by atoms with Crippen molar-refractivity contribution in [1.29, 1.82) is 0 Å². The third-order valence-corrected chi connectivity index (χ3v) is 4.83. The molecule has 0 atom stereocenters. The second-order valence-electron chi connectivity index (χ2n) is 5.93. The molecule has 0 aliphatic heterocycles. The molecule has 0 saturated carbocycles. The summed E-state index contributed by atoms with van der Waals surface area (Å²) in [5, 5.41) is 3.19. The zero-order chi connectivity index (χ0) is 17.7. The van der Waals surface area contributed by atoms with Crippen LogP contribution in [0.1, 0.15) is 60.8 Å². The van der Waals surface area contributed by atoms with Crippen molar-refractivity contribution in [1.82, 2.24) is 0 Å². The first-order valence-corrected chi connectivity index (χ1v) is 9.05. The van der Waals surface area contributed by atoms with Crippen LogP contribution in [0, 0.1) is 0 Å². The quantitative estimate of drug-likeness (QED) is 0.795. The lowest BCUT2D eigenvalue weighted by Crippen LogP contribution is -2.22. The third kappa shape index (κ3) is 4.56. The van der Waals surface area contributed by atoms with Crippen LogP contribution in [0.25, 0.3) is 0 Å². The topological polar surface area (TPSA) is 81.7 Å². The van der Waals surface area contributed by atoms with E-state index in [-0.39, 0.29) is 19.1 Å². The molecule has 1 heterocycles. The molecule has 24 heavy (non-hydrogen) atoms. The van der Waals surface area contributed by atoms with E-state index in [1.54, 1.807) is 20.8 Å². The molecule has 132 valence electrons. The van der Waals surface area contributed by atoms with Crippen molar-refractivity contribution in [3.05, 3.63) is 16.0 Å². The minimum absolute atomic E-state index is 0.215. The molecule has 0 saturated heterocycles. The highest BCUT2D eigenvalue weighted by atomic mass is 32.1. The van der Waals surface area contributed by atoms with Crippen LogP contribution in [0.5, 0.6) is 0 Å². The van der Waals surface area contributed by atoms with Crippen LogP contribution in [-0.4, -0.2) is 30.6 Å². The van der Waals surface area contributed by atoms with E-state index in [1.165, 1.54) is 11.3 Å². The number of carbonyl (C=O) groups is 3. The van der Waals surface area contributed by atoms with Crippen molar-refractivity contribution < 1.29 is 23.9 Å². The summed E-state index contributed by atoms with van der Waals surface area (Å²) >= 11 is 1.41. The van der Waals surface area contributed by atoms with Gasteiger partial charge < -0.3 is 14.8 Å². The monoisotopic (exact) mass is 353 g/mol. The number of carbonyl (C=O) groups excluding carboxylic acids is 3. The Hall–Kier alpha value is -1.89. The van der Waals surface area contributed by atoms with E-state index in [4.69, 9.17) is 9.47 Å². The van der Waals surface area contributed by atoms with Crippen LogP contribution >= 0.6 is 11.3 Å². The highest BCUT2D eigenvalue weighted by Crippen LogP contribution is 2.38. The van der Waals surface area contributed by atoms with Crippen LogP contribution in [0.4, 0.5) is 5.00 Å². The van der Waals surface area contributed by atoms with Crippen LogP contribution in [0.2, 0.25) is 0 Å². The maximum atomic E-state index is 12.5. The van der Waals surface area contributed by atoms with Gasteiger partial charge in [0.05, 0.1) is 11.7 Å². The summed E-state index contributed by atoms with van der Waals surface area (Å²) in [5.41, 5.74) is 1.44. The maximum absolute atomic E-state index is 12.5. The number of amides is 1. The molecule has 1 N–H and O–H groups in total. The lowest BCUT2D eigenvalue weighted by atomic mass is 9.95. The fourth-order valence-electron chi connectivity index (χ4n) is 2.55. The molecule has 6 nitrogen and oxygen atoms in total. The number of hydrogen-bond acceptors (Lipinski definition) is 6. The van der Waals surface area contributed by atoms with Gasteiger partial charge in [-0.25, -0.2) is 4.79 Å². The first-order valence-electron chi connectivity index (χ1n) is 8.23. The molecule has 0 spiro atoms. The van der Waals surface area contributed by atoms with Gasteiger partial charge in [-0.1, -0.05) is 6.92 Å². The lowest BCUT2D eigenvalue weighted by molar-refractivity contribution is -0.146. The SMILES string of the molecule is CCC(=O)OCC(=O)Nc1sc2c(c1C(=O)OC(C)C)CCCC2. The fraction of sp³-hybridized carbons (Fsp3) is 0.588. The number of fused-ring (bicyclic) bond motifs is 1. The molecule has 1 amide bonds. The Bertz CT molecular complexity index is 635. The van der Waals surface area contributed by atoms with Gasteiger partial charge in [0.25, 0.3) is 5.91 Å². The molecule has 0 radical (unpaired) electrons. The first-order chi connectivity index (χ1) is 11.4. The molecule has 2 rings (SSSR count). The number of esters is 2. The molecule has 0 bridgehead atoms. The van der Waals surface area contributed by atoms with Gasteiger partial charge in [-0.3, -0.25) is 9.59 Å². The van der Waals surface area contributed by atoms with E-state index < -0.39 is 17.8 Å². The third-order valence-electron chi connectivity index (χ3n) is 3.62. The highest BCUT2D eigenvalue weighted by molar-refractivity contribution is 7.17. The van der Waals surface area contributed by atoms with Gasteiger partial charge in [0.2, 0.25) is 0 Å². The van der Waals surface area contributed by atoms with E-state index >= 15 is 0 Å². The molecule has 1 aromatic heterocycles. The van der Waals surface area contributed by atoms with Crippen LogP contribution in [0.3, 0.4) is 0 Å². The highest BCUT2D eigenvalue weighted by Gasteiger charge is 2.27. The van der Waals surface area contributed by atoms with Gasteiger partial charge in [-0.05, 0) is 45.1 Å². The summed E-state index contributed by atoms with van der Waals surface area (Å²) in [5.74, 6) is -1.30. The van der Waals surface area contributed by atoms with E-state index in [1.807, 2.05) is 0 Å². The van der Waals surface area contributed by atoms with Gasteiger partial charge in [0.1, 0.15) is 5.00 Å². The number of thiophene rings is 1. The number of hydrogen-bond donors (Lipinski definition) is 1. The van der Waals surface area contributed by atoms with Crippen molar-refractivity contribution in [3.8, 4) is 0 Å². The lowest BCUT2D eigenvalue weighted by Gasteiger charge is -2.14. The van der Waals surface area contributed by atoms with Crippen LogP contribution in [-0.2, 0) is 31.9 Å². The molecular weight excluding hydrogens is 330 g/mol. The molecule has 0 fully saturated rings. The molecule has 7 heteroatoms. The smallest absolute Gasteiger partial charge is 0.341 e. The summed E-state index contributed by atoms with van der Waals surface area (Å²) in [6.07, 6.45) is 3.80. The minimum atomic E-state index is -0.450. The summed E-state index contributed by atoms with van der Waals surface area (Å²) in [6.45, 7) is 4.89. The fourth-order valence-corrected chi connectivity index (χ4v) is 3.85. The first kappa shape index (κ1) is 18.4. The Morgan fingerprint density at radius 3 is 2.58 bits per heavy atom. The molecule has 0 aromatic carbocycles. The van der Waals surface area contributed by atoms with Crippen molar-refractivity contribution in [3.63, 3.8) is 0 Å². The molecule has 1 aliphatic rings. The summed E-state index contributed by atoms with van der Waals surface area (Å²) < 4.78 is 10.2. The predicted octanol–water partition coefficient (Wildman–Crippen LogP) is 3.08.